The molecule has 0 aromatic carbocycles. The van der Waals surface area contributed by atoms with Crippen molar-refractivity contribution < 1.29 is 9.47 Å². The van der Waals surface area contributed by atoms with E-state index in [1.165, 1.54) is 4.88 Å². The highest BCUT2D eigenvalue weighted by atomic mass is 32.1. The lowest BCUT2D eigenvalue weighted by atomic mass is 10.1. The summed E-state index contributed by atoms with van der Waals surface area (Å²) < 4.78 is 11.0. The van der Waals surface area contributed by atoms with Crippen LogP contribution in [0.2, 0.25) is 0 Å². The Morgan fingerprint density at radius 3 is 3.09 bits per heavy atom. The molecule has 1 unspecified atom stereocenters. The van der Waals surface area contributed by atoms with Gasteiger partial charge in [-0.15, -0.1) is 11.3 Å². The Kier molecular flexibility index (Phi) is 8.30. The van der Waals surface area contributed by atoms with Crippen LogP contribution in [0.3, 0.4) is 0 Å². The van der Waals surface area contributed by atoms with Crippen LogP contribution in [0, 0.1) is 5.92 Å². The molecule has 22 heavy (non-hydrogen) atoms. The summed E-state index contributed by atoms with van der Waals surface area (Å²) in [7, 11) is 1.80. The Labute approximate surface area is 137 Å². The van der Waals surface area contributed by atoms with Gasteiger partial charge in [-0.05, 0) is 30.7 Å². The summed E-state index contributed by atoms with van der Waals surface area (Å²) in [6, 6.07) is 4.25. The van der Waals surface area contributed by atoms with Gasteiger partial charge in [-0.2, -0.15) is 0 Å². The summed E-state index contributed by atoms with van der Waals surface area (Å²) in [4.78, 5) is 5.62. The molecule has 0 bridgehead atoms. The van der Waals surface area contributed by atoms with Gasteiger partial charge < -0.3 is 20.1 Å². The normalized spacial score (nSPS) is 18.6. The molecular formula is C16H27N3O2S. The zero-order chi connectivity index (χ0) is 15.5. The Balaban J connectivity index is 1.45. The first-order chi connectivity index (χ1) is 10.9. The molecule has 0 radical (unpaired) electrons. The first-order valence-corrected chi connectivity index (χ1v) is 8.89. The molecule has 2 heterocycles. The van der Waals surface area contributed by atoms with Gasteiger partial charge in [0.2, 0.25) is 0 Å². The first kappa shape index (κ1) is 17.2. The fourth-order valence-corrected chi connectivity index (χ4v) is 3.03. The van der Waals surface area contributed by atoms with E-state index in [2.05, 4.69) is 33.1 Å². The molecular weight excluding hydrogens is 298 g/mol. The highest BCUT2D eigenvalue weighted by Gasteiger charge is 2.15. The van der Waals surface area contributed by atoms with Gasteiger partial charge in [-0.3, -0.25) is 4.99 Å². The van der Waals surface area contributed by atoms with Gasteiger partial charge in [0.05, 0.1) is 13.2 Å². The predicted octanol–water partition coefficient (Wildman–Crippen LogP) is 1.90. The van der Waals surface area contributed by atoms with Crippen LogP contribution in [0.1, 0.15) is 17.7 Å². The second kappa shape index (κ2) is 10.6. The van der Waals surface area contributed by atoms with E-state index in [0.29, 0.717) is 5.92 Å². The van der Waals surface area contributed by atoms with Gasteiger partial charge in [0.25, 0.3) is 0 Å². The molecule has 2 rings (SSSR count). The highest BCUT2D eigenvalue weighted by Crippen LogP contribution is 2.12. The third-order valence-electron chi connectivity index (χ3n) is 3.60. The van der Waals surface area contributed by atoms with Crippen LogP contribution in [-0.4, -0.2) is 52.5 Å². The number of guanidine groups is 1. The van der Waals surface area contributed by atoms with Crippen LogP contribution in [0.4, 0.5) is 0 Å². The zero-order valence-electron chi connectivity index (χ0n) is 13.3. The van der Waals surface area contributed by atoms with Gasteiger partial charge in [-0.1, -0.05) is 6.07 Å². The molecule has 1 atom stereocenters. The fourth-order valence-electron chi connectivity index (χ4n) is 2.33. The minimum Gasteiger partial charge on any atom is -0.381 e. The number of nitrogens with one attached hydrogen (secondary N) is 2. The number of nitrogens with zero attached hydrogens (tertiary/aromatic N) is 1. The van der Waals surface area contributed by atoms with Crippen LogP contribution in [0.15, 0.2) is 22.5 Å². The summed E-state index contributed by atoms with van der Waals surface area (Å²) in [6.07, 6.45) is 3.16. The van der Waals surface area contributed by atoms with Crippen LogP contribution >= 0.6 is 11.3 Å². The SMILES string of the molecule is CN=C(NCCCOCC1CCOC1)NCCc1cccs1. The molecule has 1 fully saturated rings. The van der Waals surface area contributed by atoms with Gasteiger partial charge >= 0.3 is 0 Å². The lowest BCUT2D eigenvalue weighted by Crippen LogP contribution is -2.39. The standard InChI is InChI=1S/C16H27N3O2S/c1-17-16(19-8-5-15-4-2-11-22-15)18-7-3-9-20-12-14-6-10-21-13-14/h2,4,11,14H,3,5-10,12-13H2,1H3,(H2,17,18,19). The number of hydrogen-bond acceptors (Lipinski definition) is 4. The summed E-state index contributed by atoms with van der Waals surface area (Å²) in [5.74, 6) is 1.46. The summed E-state index contributed by atoms with van der Waals surface area (Å²) in [5.41, 5.74) is 0. The maximum atomic E-state index is 5.68. The molecule has 0 saturated carbocycles. The van der Waals surface area contributed by atoms with E-state index in [9.17, 15) is 0 Å². The average Bonchev–Trinajstić information content (AvgIpc) is 3.22. The Bertz CT molecular complexity index is 417. The molecule has 0 amide bonds. The Morgan fingerprint density at radius 2 is 2.36 bits per heavy atom. The first-order valence-electron chi connectivity index (χ1n) is 8.01. The van der Waals surface area contributed by atoms with Crippen molar-refractivity contribution in [1.29, 1.82) is 0 Å². The molecule has 2 N–H and O–H groups in total. The van der Waals surface area contributed by atoms with Crippen molar-refractivity contribution in [2.75, 3.05) is 46.6 Å². The molecule has 1 aromatic rings. The van der Waals surface area contributed by atoms with E-state index >= 15 is 0 Å². The number of rotatable bonds is 9. The minimum atomic E-state index is 0.597. The summed E-state index contributed by atoms with van der Waals surface area (Å²) >= 11 is 1.79. The minimum absolute atomic E-state index is 0.597. The highest BCUT2D eigenvalue weighted by molar-refractivity contribution is 7.09. The number of aliphatic imine (C=N–C) groups is 1. The second-order valence-electron chi connectivity index (χ2n) is 5.41. The lowest BCUT2D eigenvalue weighted by Gasteiger charge is -2.12. The van der Waals surface area contributed by atoms with Crippen LogP contribution in [0.5, 0.6) is 0 Å². The van der Waals surface area contributed by atoms with E-state index in [4.69, 9.17) is 9.47 Å². The zero-order valence-corrected chi connectivity index (χ0v) is 14.2. The van der Waals surface area contributed by atoms with Gasteiger partial charge in [0, 0.05) is 44.1 Å². The van der Waals surface area contributed by atoms with Crippen molar-refractivity contribution in [2.24, 2.45) is 10.9 Å². The third-order valence-corrected chi connectivity index (χ3v) is 4.54. The summed E-state index contributed by atoms with van der Waals surface area (Å²) in [6.45, 7) is 5.14. The smallest absolute Gasteiger partial charge is 0.190 e. The maximum absolute atomic E-state index is 5.68. The monoisotopic (exact) mass is 325 g/mol. The third kappa shape index (κ3) is 6.77. The van der Waals surface area contributed by atoms with Crippen molar-refractivity contribution in [2.45, 2.75) is 19.3 Å². The van der Waals surface area contributed by atoms with E-state index in [0.717, 1.165) is 64.7 Å². The summed E-state index contributed by atoms with van der Waals surface area (Å²) in [5, 5.41) is 8.76. The largest absolute Gasteiger partial charge is 0.381 e. The van der Waals surface area contributed by atoms with Crippen LogP contribution in [-0.2, 0) is 15.9 Å². The molecule has 124 valence electrons. The molecule has 1 aromatic heterocycles. The van der Waals surface area contributed by atoms with Gasteiger partial charge in [0.15, 0.2) is 5.96 Å². The number of ether oxygens (including phenoxy) is 2. The molecule has 1 saturated heterocycles. The Morgan fingerprint density at radius 1 is 1.45 bits per heavy atom. The van der Waals surface area contributed by atoms with E-state index in [1.54, 1.807) is 18.4 Å². The van der Waals surface area contributed by atoms with E-state index in [1.807, 2.05) is 0 Å². The van der Waals surface area contributed by atoms with Crippen molar-refractivity contribution in [3.8, 4) is 0 Å². The molecule has 0 aliphatic carbocycles. The Hall–Kier alpha value is -1.11. The van der Waals surface area contributed by atoms with Crippen LogP contribution < -0.4 is 10.6 Å². The number of hydrogen-bond donors (Lipinski definition) is 2. The fraction of sp³-hybridized carbons (Fsp3) is 0.688. The molecule has 1 aliphatic heterocycles. The van der Waals surface area contributed by atoms with Crippen LogP contribution in [0.25, 0.3) is 0 Å². The predicted molar refractivity (Wildman–Crippen MR) is 91.7 cm³/mol. The van der Waals surface area contributed by atoms with Crippen molar-refractivity contribution in [3.63, 3.8) is 0 Å². The lowest BCUT2D eigenvalue weighted by molar-refractivity contribution is 0.0888. The van der Waals surface area contributed by atoms with E-state index < -0.39 is 0 Å². The average molecular weight is 325 g/mol. The molecule has 1 aliphatic rings. The van der Waals surface area contributed by atoms with E-state index in [-0.39, 0.29) is 0 Å². The quantitative estimate of drug-likeness (QED) is 0.414. The van der Waals surface area contributed by atoms with Crippen molar-refractivity contribution >= 4 is 17.3 Å². The maximum Gasteiger partial charge on any atom is 0.190 e. The van der Waals surface area contributed by atoms with Gasteiger partial charge in [0.1, 0.15) is 0 Å². The molecule has 6 heteroatoms. The molecule has 5 nitrogen and oxygen atoms in total. The second-order valence-corrected chi connectivity index (χ2v) is 6.45. The van der Waals surface area contributed by atoms with Gasteiger partial charge in [-0.25, -0.2) is 0 Å². The number of thiophene rings is 1. The van der Waals surface area contributed by atoms with Crippen molar-refractivity contribution in [3.05, 3.63) is 22.4 Å². The van der Waals surface area contributed by atoms with Crippen molar-refractivity contribution in [1.82, 2.24) is 10.6 Å². The molecule has 0 spiro atoms. The topological polar surface area (TPSA) is 54.9 Å².